The van der Waals surface area contributed by atoms with Gasteiger partial charge >= 0.3 is 12.1 Å². The van der Waals surface area contributed by atoms with E-state index in [0.717, 1.165) is 38.9 Å². The molecule has 4 amide bonds. The number of rotatable bonds is 17. The smallest absolute Gasteiger partial charge is 0.407 e. The van der Waals surface area contributed by atoms with Crippen molar-refractivity contribution in [2.75, 3.05) is 26.0 Å². The molecule has 11 nitrogen and oxygen atoms in total. The summed E-state index contributed by atoms with van der Waals surface area (Å²) in [5, 5.41) is 10.8. The Kier molecular flexibility index (Phi) is 14.4. The second-order valence-electron chi connectivity index (χ2n) is 14.9. The molecule has 0 aromatic heterocycles. The van der Waals surface area contributed by atoms with Crippen LogP contribution >= 0.6 is 11.8 Å². The van der Waals surface area contributed by atoms with Crippen LogP contribution in [0.2, 0.25) is 0 Å². The second-order valence-corrected chi connectivity index (χ2v) is 16.1. The highest BCUT2D eigenvalue weighted by Gasteiger charge is 2.40. The first-order valence-electron chi connectivity index (χ1n) is 19.9. The zero-order chi connectivity index (χ0) is 42.6. The lowest BCUT2D eigenvalue weighted by molar-refractivity contribution is -0.141. The van der Waals surface area contributed by atoms with E-state index in [1.54, 1.807) is 13.8 Å². The summed E-state index contributed by atoms with van der Waals surface area (Å²) in [6.07, 6.45) is -0.784. The fourth-order valence-corrected chi connectivity index (χ4v) is 9.03. The number of amides is 4. The third-order valence-electron chi connectivity index (χ3n) is 10.6. The number of methoxy groups -OCH3 is 1. The summed E-state index contributed by atoms with van der Waals surface area (Å²) < 4.78 is 9.54. The maximum Gasteiger partial charge on any atom is 0.407 e. The first-order valence-corrected chi connectivity index (χ1v) is 20.9. The van der Waals surface area contributed by atoms with Crippen LogP contribution in [0.3, 0.4) is 0 Å². The van der Waals surface area contributed by atoms with Crippen LogP contribution in [-0.4, -0.2) is 73.9 Å². The van der Waals surface area contributed by atoms with Gasteiger partial charge in [0.05, 0.1) is 11.9 Å². The summed E-state index contributed by atoms with van der Waals surface area (Å²) in [6, 6.07) is 42.4. The molecule has 0 unspecified atom stereocenters. The molecular weight excluding hydrogens is 777 g/mol. The third kappa shape index (κ3) is 9.89. The number of alkyl carbamates (subject to hydrolysis) is 1. The fourth-order valence-electron chi connectivity index (χ4n) is 7.47. The fraction of sp³-hybridized carbons (Fsp3) is 0.271. The molecule has 6 rings (SSSR count). The van der Waals surface area contributed by atoms with Crippen LogP contribution in [-0.2, 0) is 33.4 Å². The highest BCUT2D eigenvalue weighted by molar-refractivity contribution is 8.00. The van der Waals surface area contributed by atoms with Crippen LogP contribution < -0.4 is 21.3 Å². The molecule has 0 saturated heterocycles. The summed E-state index contributed by atoms with van der Waals surface area (Å²) in [4.78, 5) is 66.7. The summed E-state index contributed by atoms with van der Waals surface area (Å²) in [5.41, 5.74) is 7.14. The van der Waals surface area contributed by atoms with Gasteiger partial charge in [-0.1, -0.05) is 153 Å². The molecule has 3 atom stereocenters. The predicted octanol–water partition coefficient (Wildman–Crippen LogP) is 6.55. The Labute approximate surface area is 355 Å². The number of carbonyl (C=O) groups is 5. The lowest BCUT2D eigenvalue weighted by Gasteiger charge is -2.37. The number of ether oxygens (including phenoxy) is 2. The average molecular weight is 827 g/mol. The highest BCUT2D eigenvalue weighted by Crippen LogP contribution is 2.49. The van der Waals surface area contributed by atoms with Gasteiger partial charge in [-0.05, 0) is 51.8 Å². The molecule has 60 heavy (non-hydrogen) atoms. The molecule has 1 aliphatic rings. The first kappa shape index (κ1) is 43.2. The normalized spacial score (nSPS) is 13.5. The van der Waals surface area contributed by atoms with Crippen molar-refractivity contribution < 1.29 is 33.4 Å². The Hall–Kier alpha value is -6.40. The monoisotopic (exact) mass is 826 g/mol. The number of thioether (sulfide) groups is 1. The van der Waals surface area contributed by atoms with Gasteiger partial charge in [-0.2, -0.15) is 0 Å². The van der Waals surface area contributed by atoms with Gasteiger partial charge in [0, 0.05) is 11.7 Å². The van der Waals surface area contributed by atoms with Gasteiger partial charge in [0.25, 0.3) is 0 Å². The molecule has 0 radical (unpaired) electrons. The largest absolute Gasteiger partial charge is 0.468 e. The van der Waals surface area contributed by atoms with Crippen LogP contribution in [0.5, 0.6) is 0 Å². The molecule has 0 aliphatic heterocycles. The van der Waals surface area contributed by atoms with E-state index < -0.39 is 52.7 Å². The lowest BCUT2D eigenvalue weighted by Crippen LogP contribution is -2.58. The van der Waals surface area contributed by atoms with Crippen molar-refractivity contribution in [3.05, 3.63) is 167 Å². The molecule has 310 valence electrons. The highest BCUT2D eigenvalue weighted by atomic mass is 32.2. The van der Waals surface area contributed by atoms with Crippen molar-refractivity contribution in [2.24, 2.45) is 5.92 Å². The molecule has 5 aromatic rings. The number of esters is 1. The molecule has 5 aromatic carbocycles. The third-order valence-corrected chi connectivity index (χ3v) is 12.2. The number of carbonyl (C=O) groups excluding carboxylic acids is 5. The van der Waals surface area contributed by atoms with E-state index in [2.05, 4.69) is 26.0 Å². The van der Waals surface area contributed by atoms with Gasteiger partial charge in [0.2, 0.25) is 17.7 Å². The minimum absolute atomic E-state index is 0.0442. The van der Waals surface area contributed by atoms with Crippen LogP contribution in [0.1, 0.15) is 54.5 Å². The van der Waals surface area contributed by atoms with E-state index in [9.17, 15) is 24.0 Å². The van der Waals surface area contributed by atoms with Gasteiger partial charge in [-0.15, -0.1) is 11.8 Å². The maximum absolute atomic E-state index is 14.4. The summed E-state index contributed by atoms with van der Waals surface area (Å²) in [7, 11) is 1.21. The van der Waals surface area contributed by atoms with Crippen molar-refractivity contribution >= 4 is 41.5 Å². The first-order chi connectivity index (χ1) is 29.0. The summed E-state index contributed by atoms with van der Waals surface area (Å²) in [6.45, 7) is 4.72. The Morgan fingerprint density at radius 3 is 1.58 bits per heavy atom. The van der Waals surface area contributed by atoms with Crippen molar-refractivity contribution in [3.8, 4) is 11.1 Å². The van der Waals surface area contributed by atoms with Gasteiger partial charge in [-0.3, -0.25) is 19.2 Å². The number of benzene rings is 5. The van der Waals surface area contributed by atoms with E-state index in [-0.39, 0.29) is 30.7 Å². The topological polar surface area (TPSA) is 152 Å². The molecular formula is C48H50N4O7S. The second kappa shape index (κ2) is 20.0. The molecule has 1 aliphatic carbocycles. The van der Waals surface area contributed by atoms with Crippen molar-refractivity contribution in [3.63, 3.8) is 0 Å². The number of hydrogen-bond donors (Lipinski definition) is 4. The van der Waals surface area contributed by atoms with E-state index in [4.69, 9.17) is 4.74 Å². The molecule has 0 fully saturated rings. The quantitative estimate of drug-likeness (QED) is 0.0609. The molecule has 0 heterocycles. The lowest BCUT2D eigenvalue weighted by atomic mass is 9.84. The zero-order valence-corrected chi connectivity index (χ0v) is 34.9. The Balaban J connectivity index is 1.24. The average Bonchev–Trinajstić information content (AvgIpc) is 3.60. The van der Waals surface area contributed by atoms with E-state index in [0.29, 0.717) is 0 Å². The Bertz CT molecular complexity index is 2130. The van der Waals surface area contributed by atoms with Crippen molar-refractivity contribution in [2.45, 2.75) is 49.6 Å². The van der Waals surface area contributed by atoms with Crippen molar-refractivity contribution in [1.29, 1.82) is 0 Å². The van der Waals surface area contributed by atoms with E-state index in [1.165, 1.54) is 25.8 Å². The summed E-state index contributed by atoms with van der Waals surface area (Å²) >= 11 is 1.46. The van der Waals surface area contributed by atoms with Gasteiger partial charge in [0.15, 0.2) is 0 Å². The van der Waals surface area contributed by atoms with E-state index in [1.807, 2.05) is 140 Å². The minimum atomic E-state index is -1.19. The van der Waals surface area contributed by atoms with Gasteiger partial charge < -0.3 is 30.7 Å². The standard InChI is InChI=1S/C48H50N4O7S/c1-31(2)43(46(56)49-28-42(53)58-4)52-45(55)41(30-60-48(33-18-8-5-9-19-33,34-20-10-6-11-21-34)35-22-12-7-13-23-35)51-44(54)32(3)50-47(57)59-29-40-38-26-16-14-24-36(38)37-25-15-17-27-39(37)40/h5-27,31-32,40-41,43H,28-30H2,1-4H3,(H,49,56)(H,50,57)(H,51,54)(H,52,55)/t32-,41+,43+/m0/s1. The summed E-state index contributed by atoms with van der Waals surface area (Å²) in [5.74, 6) is -3.00. The molecule has 0 bridgehead atoms. The van der Waals surface area contributed by atoms with Crippen LogP contribution in [0, 0.1) is 5.92 Å². The molecule has 12 heteroatoms. The van der Waals surface area contributed by atoms with Crippen LogP contribution in [0.15, 0.2) is 140 Å². The number of hydrogen-bond acceptors (Lipinski definition) is 8. The minimum Gasteiger partial charge on any atom is -0.468 e. The van der Waals surface area contributed by atoms with Crippen molar-refractivity contribution in [1.82, 2.24) is 21.3 Å². The Morgan fingerprint density at radius 1 is 0.617 bits per heavy atom. The van der Waals surface area contributed by atoms with E-state index >= 15 is 0 Å². The SMILES string of the molecule is COC(=O)CNC(=O)[C@H](NC(=O)[C@@H](CSC(c1ccccc1)(c1ccccc1)c1ccccc1)NC(=O)[C@H](C)NC(=O)OCC1c2ccccc2-c2ccccc21)C(C)C. The molecule has 0 saturated carbocycles. The molecule has 4 N–H and O–H groups in total. The number of fused-ring (bicyclic) bond motifs is 3. The maximum atomic E-state index is 14.4. The van der Waals surface area contributed by atoms with Crippen LogP contribution in [0.25, 0.3) is 11.1 Å². The van der Waals surface area contributed by atoms with Gasteiger partial charge in [0.1, 0.15) is 31.3 Å². The number of nitrogens with one attached hydrogen (secondary N) is 4. The van der Waals surface area contributed by atoms with Crippen LogP contribution in [0.4, 0.5) is 4.79 Å². The van der Waals surface area contributed by atoms with Gasteiger partial charge in [-0.25, -0.2) is 4.79 Å². The Morgan fingerprint density at radius 2 is 1.10 bits per heavy atom. The predicted molar refractivity (Wildman–Crippen MR) is 233 cm³/mol. The molecule has 0 spiro atoms. The zero-order valence-electron chi connectivity index (χ0n) is 34.1.